The number of nitrogens with one attached hydrogen (secondary N) is 1. The standard InChI is InChI=1S/C15H16BrN3.C13H10BrN3.C13H11N3.C4H3N3.CH4/c16-14-18-13(15(17)6-7-15)9-19(14)12-3-1-2-11(8-12)10-4-5-10;14-13-16-11(7-15)8-17(13)12-3-1-2-10(6-12)9-4-5-9;14-7-12-8-16(9-15-12)13-3-1-2-11(6-13)10-4-5-10;5-1-4-2-6-3-7-4;/h1-3,8-10H,4-7,17H2;1-3,6,8-9H,4-5H2;1-3,6,8-10H,4-5H2;2-3H,(H,6,7);1H4. The Labute approximate surface area is 366 Å². The molecular weight excluding hydrogens is 880 g/mol. The Bertz CT molecular complexity index is 2690. The van der Waals surface area contributed by atoms with Crippen LogP contribution in [-0.2, 0) is 5.54 Å². The highest BCUT2D eigenvalue weighted by Crippen LogP contribution is 2.44. The minimum absolute atomic E-state index is 0. The van der Waals surface area contributed by atoms with Crippen LogP contribution in [0, 0.1) is 34.0 Å². The number of H-pyrrole nitrogens is 1. The summed E-state index contributed by atoms with van der Waals surface area (Å²) in [5.41, 5.74) is 15.9. The third-order valence-electron chi connectivity index (χ3n) is 10.7. The summed E-state index contributed by atoms with van der Waals surface area (Å²) >= 11 is 6.92. The zero-order valence-electron chi connectivity index (χ0n) is 32.1. The Kier molecular flexibility index (Phi) is 12.9. The highest BCUT2D eigenvalue weighted by molar-refractivity contribution is 9.10. The van der Waals surface area contributed by atoms with Crippen LogP contribution in [0.5, 0.6) is 0 Å². The monoisotopic (exact) mass is 922 g/mol. The number of hydrogen-bond acceptors (Lipinski definition) is 8. The lowest BCUT2D eigenvalue weighted by atomic mass is 10.1. The van der Waals surface area contributed by atoms with Crippen molar-refractivity contribution in [3.8, 4) is 35.3 Å². The van der Waals surface area contributed by atoms with E-state index in [2.05, 4.69) is 128 Å². The van der Waals surface area contributed by atoms with Crippen LogP contribution in [0.1, 0.15) is 116 Å². The number of rotatable bonds is 7. The third-order valence-corrected chi connectivity index (χ3v) is 11.8. The molecule has 12 nitrogen and oxygen atoms in total. The van der Waals surface area contributed by atoms with Gasteiger partial charge in [-0.25, -0.2) is 19.9 Å². The number of aromatic amines is 1. The van der Waals surface area contributed by atoms with Gasteiger partial charge in [0.2, 0.25) is 0 Å². The quantitative estimate of drug-likeness (QED) is 0.158. The van der Waals surface area contributed by atoms with Gasteiger partial charge in [0.15, 0.2) is 20.9 Å². The summed E-state index contributed by atoms with van der Waals surface area (Å²) in [4.78, 5) is 18.9. The van der Waals surface area contributed by atoms with E-state index in [4.69, 9.17) is 21.5 Å². The fraction of sp³-hybridized carbons (Fsp3) is 0.283. The molecular formula is C46H44Br2N12. The second kappa shape index (κ2) is 18.4. The average molecular weight is 925 g/mol. The molecule has 0 aliphatic heterocycles. The van der Waals surface area contributed by atoms with Crippen LogP contribution in [0.3, 0.4) is 0 Å². The molecule has 3 N–H and O–H groups in total. The lowest BCUT2D eigenvalue weighted by Gasteiger charge is -2.06. The normalized spacial score (nSPS) is 15.5. The van der Waals surface area contributed by atoms with Crippen LogP contribution in [0.2, 0.25) is 0 Å². The summed E-state index contributed by atoms with van der Waals surface area (Å²) < 4.78 is 7.39. The zero-order chi connectivity index (χ0) is 40.9. The van der Waals surface area contributed by atoms with Crippen molar-refractivity contribution < 1.29 is 0 Å². The third kappa shape index (κ3) is 10.4. The van der Waals surface area contributed by atoms with E-state index in [9.17, 15) is 0 Å². The van der Waals surface area contributed by atoms with Crippen molar-refractivity contribution in [3.05, 3.63) is 159 Å². The molecule has 4 aliphatic carbocycles. The van der Waals surface area contributed by atoms with Crippen LogP contribution in [0.4, 0.5) is 0 Å². The lowest BCUT2D eigenvalue weighted by molar-refractivity contribution is 0.712. The van der Waals surface area contributed by atoms with Gasteiger partial charge in [-0.1, -0.05) is 43.8 Å². The van der Waals surface area contributed by atoms with Gasteiger partial charge in [0, 0.05) is 35.7 Å². The maximum Gasteiger partial charge on any atom is 0.183 e. The SMILES string of the molecule is C.N#Cc1cn(-c2cccc(C3CC3)c2)c(Br)n1.N#Cc1cn(-c2cccc(C3CC3)c2)cn1.N#Cc1cnc[nH]1.NC1(c2cn(-c3cccc(C4CC4)c3)c(Br)n2)CC1. The Morgan fingerprint density at radius 3 is 1.62 bits per heavy atom. The first-order chi connectivity index (χ1) is 28.7. The molecule has 11 rings (SSSR count). The summed E-state index contributed by atoms with van der Waals surface area (Å²) in [6.07, 6.45) is 20.1. The molecule has 4 saturated carbocycles. The van der Waals surface area contributed by atoms with Crippen molar-refractivity contribution in [1.82, 2.24) is 38.6 Å². The van der Waals surface area contributed by atoms with Gasteiger partial charge in [-0.3, -0.25) is 9.13 Å². The van der Waals surface area contributed by atoms with Gasteiger partial charge in [-0.2, -0.15) is 15.8 Å². The number of nitrogens with two attached hydrogens (primary N) is 1. The number of hydrogen-bond donors (Lipinski definition) is 2. The zero-order valence-corrected chi connectivity index (χ0v) is 35.3. The van der Waals surface area contributed by atoms with Crippen molar-refractivity contribution in [1.29, 1.82) is 15.8 Å². The van der Waals surface area contributed by atoms with Crippen molar-refractivity contribution >= 4 is 31.9 Å². The van der Waals surface area contributed by atoms with Crippen LogP contribution >= 0.6 is 31.9 Å². The molecule has 4 heterocycles. The molecule has 14 heteroatoms. The molecule has 0 unspecified atom stereocenters. The molecule has 0 amide bonds. The first-order valence-electron chi connectivity index (χ1n) is 19.6. The molecule has 0 atom stereocenters. The van der Waals surface area contributed by atoms with Gasteiger partial charge < -0.3 is 15.3 Å². The van der Waals surface area contributed by atoms with Crippen molar-refractivity contribution in [2.24, 2.45) is 5.73 Å². The molecule has 3 aromatic carbocycles. The van der Waals surface area contributed by atoms with E-state index < -0.39 is 0 Å². The van der Waals surface area contributed by atoms with E-state index in [1.54, 1.807) is 18.7 Å². The fourth-order valence-corrected chi connectivity index (χ4v) is 7.64. The number of halogens is 2. The average Bonchev–Trinajstić information content (AvgIpc) is 4.18. The van der Waals surface area contributed by atoms with Crippen LogP contribution in [0.25, 0.3) is 17.1 Å². The summed E-state index contributed by atoms with van der Waals surface area (Å²) in [6.45, 7) is 0. The van der Waals surface area contributed by atoms with Gasteiger partial charge >= 0.3 is 0 Å². The number of aromatic nitrogens is 8. The molecule has 60 heavy (non-hydrogen) atoms. The van der Waals surface area contributed by atoms with Crippen molar-refractivity contribution in [2.45, 2.75) is 82.1 Å². The van der Waals surface area contributed by atoms with Crippen LogP contribution < -0.4 is 5.73 Å². The molecule has 0 spiro atoms. The molecule has 0 bridgehead atoms. The number of nitriles is 3. The van der Waals surface area contributed by atoms with Gasteiger partial charge in [-0.05, 0) is 154 Å². The van der Waals surface area contributed by atoms with Gasteiger partial charge in [0.25, 0.3) is 0 Å². The predicted octanol–water partition coefficient (Wildman–Crippen LogP) is 10.4. The van der Waals surface area contributed by atoms with Crippen LogP contribution in [-0.4, -0.2) is 38.6 Å². The van der Waals surface area contributed by atoms with Gasteiger partial charge in [0.1, 0.15) is 30.2 Å². The Morgan fingerprint density at radius 2 is 1.18 bits per heavy atom. The van der Waals surface area contributed by atoms with Crippen molar-refractivity contribution in [2.75, 3.05) is 0 Å². The number of imidazole rings is 4. The van der Waals surface area contributed by atoms with E-state index in [0.717, 1.165) is 52.4 Å². The van der Waals surface area contributed by atoms with E-state index in [-0.39, 0.29) is 13.0 Å². The number of nitrogens with zero attached hydrogens (tertiary/aromatic N) is 10. The predicted molar refractivity (Wildman–Crippen MR) is 237 cm³/mol. The molecule has 4 aliphatic rings. The Morgan fingerprint density at radius 1 is 0.667 bits per heavy atom. The minimum Gasteiger partial charge on any atom is -0.336 e. The maximum absolute atomic E-state index is 8.83. The molecule has 4 aromatic heterocycles. The molecule has 302 valence electrons. The summed E-state index contributed by atoms with van der Waals surface area (Å²) in [7, 11) is 0. The summed E-state index contributed by atoms with van der Waals surface area (Å²) in [6, 6.07) is 31.6. The van der Waals surface area contributed by atoms with E-state index in [1.807, 2.05) is 39.5 Å². The van der Waals surface area contributed by atoms with Crippen molar-refractivity contribution in [3.63, 3.8) is 0 Å². The minimum atomic E-state index is -0.179. The van der Waals surface area contributed by atoms with E-state index >= 15 is 0 Å². The van der Waals surface area contributed by atoms with E-state index in [0.29, 0.717) is 21.8 Å². The Hall–Kier alpha value is -6.11. The summed E-state index contributed by atoms with van der Waals surface area (Å²) in [5.74, 6) is 2.25. The smallest absolute Gasteiger partial charge is 0.183 e. The molecule has 7 aromatic rings. The molecule has 0 saturated heterocycles. The highest BCUT2D eigenvalue weighted by Gasteiger charge is 2.42. The highest BCUT2D eigenvalue weighted by atomic mass is 79.9. The lowest BCUT2D eigenvalue weighted by Crippen LogP contribution is -2.18. The second-order valence-corrected chi connectivity index (χ2v) is 16.7. The first-order valence-corrected chi connectivity index (χ1v) is 21.1. The largest absolute Gasteiger partial charge is 0.336 e. The Balaban J connectivity index is 0.000000125. The van der Waals surface area contributed by atoms with Gasteiger partial charge in [0.05, 0.1) is 23.8 Å². The fourth-order valence-electron chi connectivity index (χ4n) is 6.65. The molecule has 4 fully saturated rings. The topological polar surface area (TPSA) is 180 Å². The maximum atomic E-state index is 8.83. The van der Waals surface area contributed by atoms with Gasteiger partial charge in [-0.15, -0.1) is 0 Å². The molecule has 0 radical (unpaired) electrons. The second-order valence-electron chi connectivity index (χ2n) is 15.3. The first kappa shape index (κ1) is 42.0. The summed E-state index contributed by atoms with van der Waals surface area (Å²) in [5, 5.41) is 25.7. The number of benzene rings is 3. The van der Waals surface area contributed by atoms with E-state index in [1.165, 1.54) is 73.4 Å². The van der Waals surface area contributed by atoms with Crippen LogP contribution in [0.15, 0.2) is 120 Å².